The number of carbonyl (C=O) groups is 2. The zero-order valence-electron chi connectivity index (χ0n) is 15.5. The van der Waals surface area contributed by atoms with Gasteiger partial charge in [-0.15, -0.1) is 0 Å². The number of hydrogen-bond acceptors (Lipinski definition) is 5. The maximum atomic E-state index is 12.7. The van der Waals surface area contributed by atoms with Gasteiger partial charge in [-0.3, -0.25) is 23.7 Å². The fourth-order valence-electron chi connectivity index (χ4n) is 3.47. The second-order valence-electron chi connectivity index (χ2n) is 6.65. The van der Waals surface area contributed by atoms with Crippen LogP contribution in [0.5, 0.6) is 0 Å². The molecule has 1 amide bonds. The van der Waals surface area contributed by atoms with Gasteiger partial charge in [0.1, 0.15) is 6.54 Å². The number of likely N-dealkylation sites (tertiary alicyclic amines) is 1. The van der Waals surface area contributed by atoms with Gasteiger partial charge in [0.05, 0.1) is 23.6 Å². The van der Waals surface area contributed by atoms with Gasteiger partial charge in [0.25, 0.3) is 0 Å². The average Bonchev–Trinajstić information content (AvgIpc) is 2.69. The highest BCUT2D eigenvalue weighted by Crippen LogP contribution is 2.19. The van der Waals surface area contributed by atoms with Crippen LogP contribution >= 0.6 is 0 Å². The highest BCUT2D eigenvalue weighted by atomic mass is 16.5. The fourth-order valence-corrected chi connectivity index (χ4v) is 3.47. The van der Waals surface area contributed by atoms with E-state index < -0.39 is 11.1 Å². The van der Waals surface area contributed by atoms with Crippen LogP contribution in [-0.2, 0) is 27.9 Å². The summed E-state index contributed by atoms with van der Waals surface area (Å²) >= 11 is 0. The molecule has 27 heavy (non-hydrogen) atoms. The first-order chi connectivity index (χ1) is 12.9. The second kappa shape index (κ2) is 7.77. The van der Waals surface area contributed by atoms with Crippen LogP contribution in [-0.4, -0.2) is 45.6 Å². The Bertz CT molecular complexity index is 983. The number of aromatic nitrogens is 2. The van der Waals surface area contributed by atoms with Crippen molar-refractivity contribution in [2.24, 2.45) is 13.0 Å². The Morgan fingerprint density at radius 2 is 1.70 bits per heavy atom. The Balaban J connectivity index is 1.79. The van der Waals surface area contributed by atoms with Crippen LogP contribution in [0.25, 0.3) is 11.0 Å². The summed E-state index contributed by atoms with van der Waals surface area (Å²) in [4.78, 5) is 50.8. The first-order valence-electron chi connectivity index (χ1n) is 9.07. The highest BCUT2D eigenvalue weighted by Gasteiger charge is 2.28. The number of piperidine rings is 1. The molecule has 3 rings (SSSR count). The van der Waals surface area contributed by atoms with E-state index in [0.717, 1.165) is 0 Å². The van der Waals surface area contributed by atoms with Crippen molar-refractivity contribution in [1.29, 1.82) is 0 Å². The lowest BCUT2D eigenvalue weighted by atomic mass is 9.97. The molecule has 1 saturated heterocycles. The Morgan fingerprint density at radius 3 is 2.33 bits per heavy atom. The number of rotatable bonds is 4. The van der Waals surface area contributed by atoms with Crippen molar-refractivity contribution in [2.45, 2.75) is 26.3 Å². The molecule has 1 aromatic heterocycles. The van der Waals surface area contributed by atoms with E-state index in [2.05, 4.69) is 0 Å². The number of aryl methyl sites for hydroxylation is 1. The summed E-state index contributed by atoms with van der Waals surface area (Å²) in [5.74, 6) is -0.655. The molecule has 144 valence electrons. The third kappa shape index (κ3) is 3.65. The number of nitrogens with zero attached hydrogens (tertiary/aromatic N) is 3. The molecule has 0 bridgehead atoms. The van der Waals surface area contributed by atoms with Crippen molar-refractivity contribution >= 4 is 22.9 Å². The Hall–Kier alpha value is -2.90. The molecule has 1 aromatic carbocycles. The van der Waals surface area contributed by atoms with Crippen LogP contribution in [0.2, 0.25) is 0 Å². The van der Waals surface area contributed by atoms with Crippen LogP contribution in [0.15, 0.2) is 33.9 Å². The van der Waals surface area contributed by atoms with Gasteiger partial charge in [-0.25, -0.2) is 0 Å². The quantitative estimate of drug-likeness (QED) is 0.575. The SMILES string of the molecule is CCOC(=O)C1CCN(C(=O)Cn2c(=O)c(=O)n(C)c3ccccc32)CC1. The lowest BCUT2D eigenvalue weighted by Crippen LogP contribution is -2.46. The molecule has 0 unspecified atom stereocenters. The number of hydrogen-bond donors (Lipinski definition) is 0. The van der Waals surface area contributed by atoms with E-state index in [1.54, 1.807) is 43.1 Å². The topological polar surface area (TPSA) is 90.6 Å². The molecule has 8 nitrogen and oxygen atoms in total. The zero-order valence-corrected chi connectivity index (χ0v) is 15.5. The number of amides is 1. The molecule has 2 heterocycles. The minimum atomic E-state index is -0.717. The van der Waals surface area contributed by atoms with Crippen molar-refractivity contribution in [3.8, 4) is 0 Å². The highest BCUT2D eigenvalue weighted by molar-refractivity contribution is 5.81. The molecule has 1 aliphatic heterocycles. The Morgan fingerprint density at radius 1 is 1.07 bits per heavy atom. The molecule has 0 saturated carbocycles. The normalized spacial score (nSPS) is 15.1. The first-order valence-corrected chi connectivity index (χ1v) is 9.07. The van der Waals surface area contributed by atoms with Crippen molar-refractivity contribution in [2.75, 3.05) is 19.7 Å². The maximum Gasteiger partial charge on any atom is 0.317 e. The molecule has 0 aliphatic carbocycles. The summed E-state index contributed by atoms with van der Waals surface area (Å²) < 4.78 is 7.56. The Kier molecular flexibility index (Phi) is 5.43. The molecular weight excluding hydrogens is 350 g/mol. The number of ether oxygens (including phenoxy) is 1. The average molecular weight is 373 g/mol. The van der Waals surface area contributed by atoms with Crippen LogP contribution in [0.1, 0.15) is 19.8 Å². The number of fused-ring (bicyclic) bond motifs is 1. The van der Waals surface area contributed by atoms with Crippen molar-refractivity contribution in [3.63, 3.8) is 0 Å². The molecule has 2 aromatic rings. The van der Waals surface area contributed by atoms with Crippen molar-refractivity contribution < 1.29 is 14.3 Å². The molecule has 0 N–H and O–H groups in total. The van der Waals surface area contributed by atoms with E-state index in [1.807, 2.05) is 0 Å². The fraction of sp³-hybridized carbons (Fsp3) is 0.474. The van der Waals surface area contributed by atoms with Gasteiger partial charge >= 0.3 is 17.1 Å². The largest absolute Gasteiger partial charge is 0.466 e. The second-order valence-corrected chi connectivity index (χ2v) is 6.65. The van der Waals surface area contributed by atoms with Crippen LogP contribution < -0.4 is 11.1 Å². The third-order valence-electron chi connectivity index (χ3n) is 5.03. The standard InChI is InChI=1S/C19H23N3O5/c1-3-27-19(26)13-8-10-21(11-9-13)16(23)12-22-15-7-5-4-6-14(15)20(2)17(24)18(22)25/h4-7,13H,3,8-12H2,1-2H3. The van der Waals surface area contributed by atoms with E-state index in [0.29, 0.717) is 43.6 Å². The van der Waals surface area contributed by atoms with Gasteiger partial charge in [-0.2, -0.15) is 0 Å². The molecule has 0 spiro atoms. The summed E-state index contributed by atoms with van der Waals surface area (Å²) in [6, 6.07) is 7.00. The molecule has 0 radical (unpaired) electrons. The summed E-state index contributed by atoms with van der Waals surface area (Å²) in [6.07, 6.45) is 1.08. The monoisotopic (exact) mass is 373 g/mol. The van der Waals surface area contributed by atoms with Crippen molar-refractivity contribution in [3.05, 3.63) is 45.0 Å². The number of esters is 1. The Labute approximate surface area is 156 Å². The molecule has 1 aliphatic rings. The summed E-state index contributed by atoms with van der Waals surface area (Å²) in [6.45, 7) is 2.78. The van der Waals surface area contributed by atoms with E-state index in [-0.39, 0.29) is 24.3 Å². The van der Waals surface area contributed by atoms with Crippen LogP contribution in [0.4, 0.5) is 0 Å². The molecule has 8 heteroatoms. The maximum absolute atomic E-state index is 12.7. The van der Waals surface area contributed by atoms with Crippen LogP contribution in [0, 0.1) is 5.92 Å². The van der Waals surface area contributed by atoms with Gasteiger partial charge in [0, 0.05) is 20.1 Å². The van der Waals surface area contributed by atoms with E-state index >= 15 is 0 Å². The van der Waals surface area contributed by atoms with Crippen LogP contribution in [0.3, 0.4) is 0 Å². The van der Waals surface area contributed by atoms with Gasteiger partial charge in [-0.05, 0) is 31.9 Å². The first kappa shape index (κ1) is 18.9. The predicted octanol–water partition coefficient (Wildman–Crippen LogP) is 0.502. The van der Waals surface area contributed by atoms with Gasteiger partial charge in [0.2, 0.25) is 5.91 Å². The number of carbonyl (C=O) groups excluding carboxylic acids is 2. The van der Waals surface area contributed by atoms with Gasteiger partial charge in [0.15, 0.2) is 0 Å². The third-order valence-corrected chi connectivity index (χ3v) is 5.03. The lowest BCUT2D eigenvalue weighted by molar-refractivity contribution is -0.151. The number of benzene rings is 1. The molecule has 1 fully saturated rings. The zero-order chi connectivity index (χ0) is 19.6. The number of para-hydroxylation sites is 2. The van der Waals surface area contributed by atoms with E-state index in [4.69, 9.17) is 4.74 Å². The summed E-state index contributed by atoms with van der Waals surface area (Å²) in [7, 11) is 1.54. The van der Waals surface area contributed by atoms with E-state index in [1.165, 1.54) is 9.13 Å². The predicted molar refractivity (Wildman–Crippen MR) is 99.4 cm³/mol. The van der Waals surface area contributed by atoms with E-state index in [9.17, 15) is 19.2 Å². The molecular formula is C19H23N3O5. The lowest BCUT2D eigenvalue weighted by Gasteiger charge is -2.31. The minimum Gasteiger partial charge on any atom is -0.466 e. The smallest absolute Gasteiger partial charge is 0.317 e. The summed E-state index contributed by atoms with van der Waals surface area (Å²) in [5.41, 5.74) is -0.247. The van der Waals surface area contributed by atoms with Gasteiger partial charge < -0.3 is 14.2 Å². The molecule has 0 atom stereocenters. The minimum absolute atomic E-state index is 0.193. The van der Waals surface area contributed by atoms with Gasteiger partial charge in [-0.1, -0.05) is 12.1 Å². The summed E-state index contributed by atoms with van der Waals surface area (Å²) in [5, 5.41) is 0. The van der Waals surface area contributed by atoms with Crippen molar-refractivity contribution in [1.82, 2.24) is 14.0 Å².